The lowest BCUT2D eigenvalue weighted by atomic mass is 9.46. The molecule has 9 atom stereocenters. The van der Waals surface area contributed by atoms with Gasteiger partial charge in [0.05, 0.1) is 18.1 Å². The number of esters is 1. The smallest absolute Gasteiger partial charge is 0.308 e. The third kappa shape index (κ3) is 3.97. The standard InChI is InChI=1S/C32H44O7/c1-18(2)28(36)37-17-25(35)32-26(38-29(39-32)19-8-6-5-7-9-19)15-23-22-11-10-20-14-21(33)12-13-30(20,3)27(22)24(34)16-31(23,32)4/h12-14,18-19,22-24,26-27,29,34H,5-11,15-17H2,1-4H3/t22-,23-,24-,26+,27?,29+,30-,31-,32+/m0/s1. The molecule has 5 fully saturated rings. The van der Waals surface area contributed by atoms with E-state index < -0.39 is 35.5 Å². The van der Waals surface area contributed by atoms with Crippen LogP contribution in [0.15, 0.2) is 23.8 Å². The molecule has 6 rings (SSSR count). The maximum atomic E-state index is 14.2. The molecule has 6 aliphatic rings. The number of ether oxygens (including phenoxy) is 3. The Balaban J connectivity index is 1.35. The quantitative estimate of drug-likeness (QED) is 0.505. The van der Waals surface area contributed by atoms with Crippen molar-refractivity contribution in [2.45, 2.75) is 110 Å². The lowest BCUT2D eigenvalue weighted by Gasteiger charge is -2.59. The molecule has 1 heterocycles. The summed E-state index contributed by atoms with van der Waals surface area (Å²) in [6, 6.07) is 0. The molecule has 1 saturated heterocycles. The van der Waals surface area contributed by atoms with Gasteiger partial charge in [-0.2, -0.15) is 0 Å². The zero-order valence-electron chi connectivity index (χ0n) is 23.8. The molecule has 0 aromatic heterocycles. The van der Waals surface area contributed by atoms with Crippen LogP contribution in [0.4, 0.5) is 0 Å². The first kappa shape index (κ1) is 27.3. The van der Waals surface area contributed by atoms with Crippen molar-refractivity contribution in [2.24, 2.45) is 40.4 Å². The summed E-state index contributed by atoms with van der Waals surface area (Å²) in [5.41, 5.74) is -1.19. The zero-order valence-corrected chi connectivity index (χ0v) is 23.8. The lowest BCUT2D eigenvalue weighted by molar-refractivity contribution is -0.210. The van der Waals surface area contributed by atoms with Crippen molar-refractivity contribution in [2.75, 3.05) is 6.61 Å². The number of hydrogen-bond acceptors (Lipinski definition) is 7. The highest BCUT2D eigenvalue weighted by atomic mass is 16.7. The van der Waals surface area contributed by atoms with Crippen LogP contribution >= 0.6 is 0 Å². The number of Topliss-reactive ketones (excluding diaryl/α,β-unsaturated/α-hetero) is 1. The lowest BCUT2D eigenvalue weighted by Crippen LogP contribution is -2.63. The van der Waals surface area contributed by atoms with E-state index >= 15 is 0 Å². The summed E-state index contributed by atoms with van der Waals surface area (Å²) >= 11 is 0. The molecule has 0 bridgehead atoms. The number of aliphatic hydroxyl groups is 1. The number of rotatable bonds is 5. The van der Waals surface area contributed by atoms with Crippen LogP contribution in [-0.2, 0) is 28.6 Å². The third-order valence-corrected chi connectivity index (χ3v) is 11.5. The summed E-state index contributed by atoms with van der Waals surface area (Å²) in [5, 5.41) is 11.9. The number of ketones is 2. The summed E-state index contributed by atoms with van der Waals surface area (Å²) in [6.45, 7) is 7.44. The van der Waals surface area contributed by atoms with Gasteiger partial charge in [0.1, 0.15) is 0 Å². The molecule has 7 heteroatoms. The highest BCUT2D eigenvalue weighted by Crippen LogP contribution is 2.70. The van der Waals surface area contributed by atoms with Crippen LogP contribution in [0, 0.1) is 40.4 Å². The van der Waals surface area contributed by atoms with Gasteiger partial charge in [-0.3, -0.25) is 14.4 Å². The Kier molecular flexibility index (Phi) is 6.75. The fraction of sp³-hybridized carbons (Fsp3) is 0.781. The van der Waals surface area contributed by atoms with Gasteiger partial charge in [0.25, 0.3) is 0 Å². The molecule has 39 heavy (non-hydrogen) atoms. The highest BCUT2D eigenvalue weighted by molar-refractivity contribution is 6.01. The molecular weight excluding hydrogens is 496 g/mol. The number of aliphatic hydroxyl groups excluding tert-OH is 1. The van der Waals surface area contributed by atoms with Crippen LogP contribution in [0.5, 0.6) is 0 Å². The van der Waals surface area contributed by atoms with Gasteiger partial charge in [-0.05, 0) is 62.5 Å². The molecule has 0 spiro atoms. The Morgan fingerprint density at radius 1 is 1.15 bits per heavy atom. The van der Waals surface area contributed by atoms with Gasteiger partial charge in [-0.15, -0.1) is 0 Å². The molecular formula is C32H44O7. The summed E-state index contributed by atoms with van der Waals surface area (Å²) in [7, 11) is 0. The van der Waals surface area contributed by atoms with Crippen LogP contribution in [0.1, 0.15) is 85.5 Å². The van der Waals surface area contributed by atoms with E-state index in [2.05, 4.69) is 13.8 Å². The van der Waals surface area contributed by atoms with Gasteiger partial charge in [0.2, 0.25) is 5.78 Å². The fourth-order valence-corrected chi connectivity index (χ4v) is 9.62. The van der Waals surface area contributed by atoms with Gasteiger partial charge in [0.15, 0.2) is 24.3 Å². The van der Waals surface area contributed by atoms with Crippen molar-refractivity contribution >= 4 is 17.5 Å². The van der Waals surface area contributed by atoms with Crippen LogP contribution in [0.2, 0.25) is 0 Å². The van der Waals surface area contributed by atoms with Crippen molar-refractivity contribution in [3.63, 3.8) is 0 Å². The Labute approximate surface area is 231 Å². The van der Waals surface area contributed by atoms with Crippen LogP contribution in [-0.4, -0.2) is 53.3 Å². The highest BCUT2D eigenvalue weighted by Gasteiger charge is 2.76. The van der Waals surface area contributed by atoms with E-state index in [4.69, 9.17) is 14.2 Å². The van der Waals surface area contributed by atoms with Gasteiger partial charge >= 0.3 is 5.97 Å². The SMILES string of the molecule is CC(C)C(=O)OCC(=O)[C@@]12O[C@H](C3CCCCC3)O[C@@H]1C[C@H]1[C@@H]3CCC4=CC(=O)C=C[C@]4(C)C3[C@@H](O)C[C@@]12C. The minimum atomic E-state index is -1.25. The average molecular weight is 541 g/mol. The molecule has 0 radical (unpaired) electrons. The molecule has 0 amide bonds. The second-order valence-corrected chi connectivity index (χ2v) is 13.9. The van der Waals surface area contributed by atoms with E-state index in [0.29, 0.717) is 12.8 Å². The second kappa shape index (κ2) is 9.63. The Bertz CT molecular complexity index is 1100. The van der Waals surface area contributed by atoms with E-state index in [1.807, 2.05) is 6.08 Å². The van der Waals surface area contributed by atoms with Crippen molar-refractivity contribution in [1.29, 1.82) is 0 Å². The number of hydrogen-bond donors (Lipinski definition) is 1. The summed E-state index contributed by atoms with van der Waals surface area (Å²) < 4.78 is 19.0. The number of carbonyl (C=O) groups is 3. The van der Waals surface area contributed by atoms with Crippen LogP contribution < -0.4 is 0 Å². The van der Waals surface area contributed by atoms with E-state index in [0.717, 1.165) is 44.1 Å². The monoisotopic (exact) mass is 540 g/mol. The maximum Gasteiger partial charge on any atom is 0.308 e. The summed E-state index contributed by atoms with van der Waals surface area (Å²) in [6.07, 6.45) is 12.2. The minimum absolute atomic E-state index is 0.0162. The number of allylic oxidation sites excluding steroid dienone is 4. The van der Waals surface area contributed by atoms with E-state index in [-0.39, 0.29) is 53.2 Å². The third-order valence-electron chi connectivity index (χ3n) is 11.5. The minimum Gasteiger partial charge on any atom is -0.457 e. The van der Waals surface area contributed by atoms with Gasteiger partial charge < -0.3 is 19.3 Å². The Morgan fingerprint density at radius 3 is 2.62 bits per heavy atom. The van der Waals surface area contributed by atoms with E-state index in [1.54, 1.807) is 26.0 Å². The molecule has 1 unspecified atom stereocenters. The second-order valence-electron chi connectivity index (χ2n) is 13.9. The Hall–Kier alpha value is -1.83. The fourth-order valence-electron chi connectivity index (χ4n) is 9.62. The predicted molar refractivity (Wildman–Crippen MR) is 143 cm³/mol. The molecule has 1 N–H and O–H groups in total. The molecule has 4 saturated carbocycles. The van der Waals surface area contributed by atoms with Crippen LogP contribution in [0.25, 0.3) is 0 Å². The first-order valence-corrected chi connectivity index (χ1v) is 15.2. The van der Waals surface area contributed by atoms with E-state index in [9.17, 15) is 19.5 Å². The predicted octanol–water partition coefficient (Wildman–Crippen LogP) is 4.70. The van der Waals surface area contributed by atoms with Gasteiger partial charge in [0, 0.05) is 22.7 Å². The summed E-state index contributed by atoms with van der Waals surface area (Å²) in [4.78, 5) is 38.7. The molecule has 5 aliphatic carbocycles. The normalized spacial score (nSPS) is 45.3. The Morgan fingerprint density at radius 2 is 1.90 bits per heavy atom. The average Bonchev–Trinajstić information content (AvgIpc) is 3.41. The maximum absolute atomic E-state index is 14.2. The summed E-state index contributed by atoms with van der Waals surface area (Å²) in [5.74, 6) is -0.471. The first-order valence-electron chi connectivity index (χ1n) is 15.2. The van der Waals surface area contributed by atoms with Gasteiger partial charge in [-0.1, -0.05) is 58.6 Å². The number of fused-ring (bicyclic) bond motifs is 7. The van der Waals surface area contributed by atoms with E-state index in [1.165, 1.54) is 6.42 Å². The van der Waals surface area contributed by atoms with Crippen LogP contribution in [0.3, 0.4) is 0 Å². The first-order chi connectivity index (χ1) is 18.5. The number of carbonyl (C=O) groups excluding carboxylic acids is 3. The molecule has 1 aliphatic heterocycles. The molecule has 0 aromatic rings. The van der Waals surface area contributed by atoms with Gasteiger partial charge in [-0.25, -0.2) is 0 Å². The van der Waals surface area contributed by atoms with Crippen molar-refractivity contribution in [3.05, 3.63) is 23.8 Å². The molecule has 0 aromatic carbocycles. The zero-order chi connectivity index (χ0) is 27.7. The van der Waals surface area contributed by atoms with Crippen molar-refractivity contribution in [1.82, 2.24) is 0 Å². The molecule has 214 valence electrons. The van der Waals surface area contributed by atoms with Crippen molar-refractivity contribution < 1.29 is 33.7 Å². The van der Waals surface area contributed by atoms with Crippen molar-refractivity contribution in [3.8, 4) is 0 Å². The topological polar surface area (TPSA) is 99.1 Å². The largest absolute Gasteiger partial charge is 0.457 e. The molecule has 7 nitrogen and oxygen atoms in total.